The summed E-state index contributed by atoms with van der Waals surface area (Å²) in [6.07, 6.45) is 20.4. The molecule has 0 aromatic heterocycles. The molecule has 2 fully saturated rings. The number of rotatable bonds is 5. The van der Waals surface area contributed by atoms with Crippen LogP contribution in [0, 0.1) is 0 Å². The summed E-state index contributed by atoms with van der Waals surface area (Å²) in [5.41, 5.74) is 2.18. The summed E-state index contributed by atoms with van der Waals surface area (Å²) in [6, 6.07) is 0. The Morgan fingerprint density at radius 1 is 0.842 bits per heavy atom. The molecule has 0 amide bonds. The van der Waals surface area contributed by atoms with Gasteiger partial charge in [0, 0.05) is 0 Å². The molecule has 0 unspecified atom stereocenters. The minimum Gasteiger partial charge on any atom is -0.0811 e. The molecule has 0 radical (unpaired) electrons. The van der Waals surface area contributed by atoms with Crippen molar-refractivity contribution in [3.8, 4) is 0 Å². The molecule has 0 heterocycles. The third-order valence-electron chi connectivity index (χ3n) is 5.07. The first-order valence-electron chi connectivity index (χ1n) is 8.84. The van der Waals surface area contributed by atoms with E-state index in [1.807, 2.05) is 5.31 Å². The topological polar surface area (TPSA) is 0 Å². The first kappa shape index (κ1) is 15.6. The predicted molar refractivity (Wildman–Crippen MR) is 89.3 cm³/mol. The second-order valence-electron chi connectivity index (χ2n) is 6.45. The Labute approximate surface area is 122 Å². The van der Waals surface area contributed by atoms with E-state index in [-0.39, 0.29) is 7.92 Å². The summed E-state index contributed by atoms with van der Waals surface area (Å²) in [4.78, 5) is 0. The summed E-state index contributed by atoms with van der Waals surface area (Å²) < 4.78 is 0. The molecule has 0 N–H and O–H groups in total. The van der Waals surface area contributed by atoms with Crippen molar-refractivity contribution < 1.29 is 0 Å². The van der Waals surface area contributed by atoms with E-state index in [4.69, 9.17) is 0 Å². The minimum absolute atomic E-state index is 0.195. The van der Waals surface area contributed by atoms with E-state index in [0.29, 0.717) is 0 Å². The van der Waals surface area contributed by atoms with Gasteiger partial charge in [-0.05, 0) is 55.2 Å². The third-order valence-corrected chi connectivity index (χ3v) is 8.84. The molecule has 0 atom stereocenters. The smallest absolute Gasteiger partial charge is 0.0170 e. The third kappa shape index (κ3) is 4.32. The van der Waals surface area contributed by atoms with Gasteiger partial charge in [-0.1, -0.05) is 66.4 Å². The highest BCUT2D eigenvalue weighted by Gasteiger charge is 2.32. The van der Waals surface area contributed by atoms with E-state index in [1.54, 1.807) is 25.7 Å². The summed E-state index contributed by atoms with van der Waals surface area (Å²) in [7, 11) is 0.195. The van der Waals surface area contributed by atoms with E-state index in [0.717, 1.165) is 11.3 Å². The average molecular weight is 280 g/mol. The summed E-state index contributed by atoms with van der Waals surface area (Å²) in [5, 5.41) is 1.89. The monoisotopic (exact) mass is 280 g/mol. The fourth-order valence-corrected chi connectivity index (χ4v) is 8.29. The highest BCUT2D eigenvalue weighted by molar-refractivity contribution is 7.63. The molecule has 2 rings (SSSR count). The lowest BCUT2D eigenvalue weighted by Crippen LogP contribution is -2.21. The largest absolute Gasteiger partial charge is 0.0811 e. The van der Waals surface area contributed by atoms with Crippen molar-refractivity contribution in [1.29, 1.82) is 0 Å². The Bertz CT molecular complexity index is 251. The van der Waals surface area contributed by atoms with Crippen LogP contribution in [0.15, 0.2) is 11.4 Å². The quantitative estimate of drug-likeness (QED) is 0.484. The summed E-state index contributed by atoms with van der Waals surface area (Å²) >= 11 is 0. The van der Waals surface area contributed by atoms with E-state index in [9.17, 15) is 0 Å². The maximum absolute atomic E-state index is 2.61. The van der Waals surface area contributed by atoms with Crippen LogP contribution in [0.3, 0.4) is 0 Å². The van der Waals surface area contributed by atoms with Gasteiger partial charge in [0.1, 0.15) is 0 Å². The number of hydrogen-bond acceptors (Lipinski definition) is 0. The molecular weight excluding hydrogens is 247 g/mol. The molecule has 2 aliphatic carbocycles. The van der Waals surface area contributed by atoms with Crippen molar-refractivity contribution in [1.82, 2.24) is 0 Å². The number of hydrogen-bond donors (Lipinski definition) is 0. The number of allylic oxidation sites excluding steroid dienone is 2. The lowest BCUT2D eigenvalue weighted by molar-refractivity contribution is 0.485. The summed E-state index contributed by atoms with van der Waals surface area (Å²) in [6.45, 7) is 4.73. The Hall–Kier alpha value is 0.170. The van der Waals surface area contributed by atoms with Gasteiger partial charge in [-0.2, -0.15) is 0 Å². The van der Waals surface area contributed by atoms with E-state index in [1.165, 1.54) is 51.4 Å². The highest BCUT2D eigenvalue weighted by Crippen LogP contribution is 2.61. The molecule has 110 valence electrons. The van der Waals surface area contributed by atoms with E-state index in [2.05, 4.69) is 19.9 Å². The van der Waals surface area contributed by atoms with Crippen LogP contribution in [0.4, 0.5) is 0 Å². The molecule has 0 aromatic rings. The van der Waals surface area contributed by atoms with Crippen molar-refractivity contribution >= 4 is 7.92 Å². The Morgan fingerprint density at radius 2 is 1.32 bits per heavy atom. The van der Waals surface area contributed by atoms with Crippen LogP contribution < -0.4 is 0 Å². The van der Waals surface area contributed by atoms with Crippen LogP contribution in [-0.4, -0.2) is 11.3 Å². The molecular formula is C18H33P. The van der Waals surface area contributed by atoms with Crippen molar-refractivity contribution in [2.75, 3.05) is 0 Å². The Balaban J connectivity index is 2.12. The van der Waals surface area contributed by atoms with E-state index < -0.39 is 0 Å². The van der Waals surface area contributed by atoms with Crippen LogP contribution in [-0.2, 0) is 0 Å². The lowest BCUT2D eigenvalue weighted by atomic mass is 9.99. The van der Waals surface area contributed by atoms with Crippen LogP contribution in [0.25, 0.3) is 0 Å². The molecule has 2 aliphatic rings. The first-order chi connectivity index (χ1) is 9.36. The van der Waals surface area contributed by atoms with Gasteiger partial charge in [0.2, 0.25) is 0 Å². The van der Waals surface area contributed by atoms with Gasteiger partial charge in [-0.15, -0.1) is 0 Å². The Kier molecular flexibility index (Phi) is 6.92. The zero-order valence-electron chi connectivity index (χ0n) is 13.2. The normalized spacial score (nSPS) is 24.1. The van der Waals surface area contributed by atoms with Crippen LogP contribution in [0.5, 0.6) is 0 Å². The molecule has 1 heteroatoms. The standard InChI is InChI=1S/C18H33P/c1-3-11-16(4-2)19(17-12-7-5-8-13-17)18-14-9-6-10-15-18/h11,17-18H,3-10,12-15H2,1-2H3/b16-11+. The van der Waals surface area contributed by atoms with Crippen molar-refractivity contribution in [3.05, 3.63) is 11.4 Å². The molecule has 0 spiro atoms. The van der Waals surface area contributed by atoms with Gasteiger partial charge in [-0.25, -0.2) is 0 Å². The van der Waals surface area contributed by atoms with Crippen molar-refractivity contribution in [2.45, 2.75) is 102 Å². The minimum atomic E-state index is 0.195. The van der Waals surface area contributed by atoms with Crippen LogP contribution >= 0.6 is 7.92 Å². The van der Waals surface area contributed by atoms with Gasteiger partial charge < -0.3 is 0 Å². The maximum atomic E-state index is 2.61. The fourth-order valence-electron chi connectivity index (χ4n) is 4.15. The molecule has 19 heavy (non-hydrogen) atoms. The molecule has 0 aromatic carbocycles. The van der Waals surface area contributed by atoms with Gasteiger partial charge >= 0.3 is 0 Å². The molecule has 0 aliphatic heterocycles. The molecule has 0 nitrogen and oxygen atoms in total. The van der Waals surface area contributed by atoms with Gasteiger partial charge in [0.25, 0.3) is 0 Å². The Morgan fingerprint density at radius 3 is 1.68 bits per heavy atom. The second-order valence-corrected chi connectivity index (χ2v) is 9.30. The maximum Gasteiger partial charge on any atom is -0.0170 e. The lowest BCUT2D eigenvalue weighted by Gasteiger charge is -2.40. The van der Waals surface area contributed by atoms with Crippen LogP contribution in [0.1, 0.15) is 90.9 Å². The molecule has 0 saturated heterocycles. The van der Waals surface area contributed by atoms with E-state index >= 15 is 0 Å². The zero-order chi connectivity index (χ0) is 13.5. The molecule has 2 saturated carbocycles. The van der Waals surface area contributed by atoms with Crippen LogP contribution in [0.2, 0.25) is 0 Å². The van der Waals surface area contributed by atoms with Crippen molar-refractivity contribution in [3.63, 3.8) is 0 Å². The van der Waals surface area contributed by atoms with Gasteiger partial charge in [0.15, 0.2) is 0 Å². The van der Waals surface area contributed by atoms with Gasteiger partial charge in [0.05, 0.1) is 0 Å². The zero-order valence-corrected chi connectivity index (χ0v) is 14.1. The first-order valence-corrected chi connectivity index (χ1v) is 10.3. The highest BCUT2D eigenvalue weighted by atomic mass is 31.1. The SMILES string of the molecule is CC/C=C(\CC)P(C1CCCCC1)C1CCCCC1. The van der Waals surface area contributed by atoms with Crippen molar-refractivity contribution in [2.24, 2.45) is 0 Å². The summed E-state index contributed by atoms with van der Waals surface area (Å²) in [5.74, 6) is 0. The fraction of sp³-hybridized carbons (Fsp3) is 0.889. The second kappa shape index (κ2) is 8.46. The average Bonchev–Trinajstić information content (AvgIpc) is 2.49. The predicted octanol–water partition coefficient (Wildman–Crippen LogP) is 6.84. The molecule has 0 bridgehead atoms. The van der Waals surface area contributed by atoms with Gasteiger partial charge in [-0.3, -0.25) is 0 Å².